The van der Waals surface area contributed by atoms with E-state index in [1.165, 1.54) is 6.42 Å². The van der Waals surface area contributed by atoms with Gasteiger partial charge >= 0.3 is 0 Å². The third-order valence-electron chi connectivity index (χ3n) is 3.00. The highest BCUT2D eigenvalue weighted by Gasteiger charge is 2.19. The molecule has 0 radical (unpaired) electrons. The van der Waals surface area contributed by atoms with Gasteiger partial charge in [0.2, 0.25) is 0 Å². The molecule has 0 heterocycles. The van der Waals surface area contributed by atoms with E-state index in [1.54, 1.807) is 0 Å². The van der Waals surface area contributed by atoms with Crippen LogP contribution in [0.3, 0.4) is 0 Å². The SMILES string of the molecule is CNC(C)CNS(=O)(=O)NC1CCCCC1. The van der Waals surface area contributed by atoms with Crippen LogP contribution in [0.2, 0.25) is 0 Å². The Bertz CT molecular complexity index is 286. The van der Waals surface area contributed by atoms with E-state index in [1.807, 2.05) is 14.0 Å². The monoisotopic (exact) mass is 249 g/mol. The van der Waals surface area contributed by atoms with Gasteiger partial charge in [-0.05, 0) is 26.8 Å². The zero-order chi connectivity index (χ0) is 12.0. The minimum Gasteiger partial charge on any atom is -0.316 e. The fourth-order valence-electron chi connectivity index (χ4n) is 1.82. The van der Waals surface area contributed by atoms with E-state index in [9.17, 15) is 8.42 Å². The van der Waals surface area contributed by atoms with Crippen LogP contribution in [0.1, 0.15) is 39.0 Å². The predicted molar refractivity (Wildman–Crippen MR) is 65.5 cm³/mol. The lowest BCUT2D eigenvalue weighted by Gasteiger charge is -2.23. The van der Waals surface area contributed by atoms with E-state index in [-0.39, 0.29) is 12.1 Å². The van der Waals surface area contributed by atoms with Gasteiger partial charge in [0.05, 0.1) is 0 Å². The Labute approximate surface area is 98.6 Å². The van der Waals surface area contributed by atoms with E-state index < -0.39 is 10.2 Å². The first-order valence-electron chi connectivity index (χ1n) is 5.97. The maximum atomic E-state index is 11.7. The summed E-state index contributed by atoms with van der Waals surface area (Å²) in [6.07, 6.45) is 5.40. The Morgan fingerprint density at radius 2 is 1.88 bits per heavy atom. The molecule has 1 saturated carbocycles. The minimum absolute atomic E-state index is 0.121. The Morgan fingerprint density at radius 1 is 1.25 bits per heavy atom. The molecule has 0 saturated heterocycles. The highest BCUT2D eigenvalue weighted by Crippen LogP contribution is 2.17. The van der Waals surface area contributed by atoms with Gasteiger partial charge in [-0.3, -0.25) is 0 Å². The zero-order valence-corrected chi connectivity index (χ0v) is 10.9. The number of rotatable bonds is 6. The van der Waals surface area contributed by atoms with E-state index in [0.717, 1.165) is 25.7 Å². The largest absolute Gasteiger partial charge is 0.316 e. The van der Waals surface area contributed by atoms with Crippen LogP contribution in [-0.4, -0.2) is 34.1 Å². The van der Waals surface area contributed by atoms with Crippen molar-refractivity contribution in [2.45, 2.75) is 51.1 Å². The quantitative estimate of drug-likeness (QED) is 0.636. The smallest absolute Gasteiger partial charge is 0.277 e. The summed E-state index contributed by atoms with van der Waals surface area (Å²) in [5, 5.41) is 2.99. The molecule has 1 rings (SSSR count). The Balaban J connectivity index is 2.32. The molecule has 1 atom stereocenters. The summed E-state index contributed by atoms with van der Waals surface area (Å²) in [7, 11) is -1.51. The molecule has 0 aliphatic heterocycles. The van der Waals surface area contributed by atoms with Crippen LogP contribution in [0.5, 0.6) is 0 Å². The number of hydrogen-bond donors (Lipinski definition) is 3. The van der Waals surface area contributed by atoms with E-state index in [4.69, 9.17) is 0 Å². The Kier molecular flexibility index (Phi) is 5.68. The molecule has 16 heavy (non-hydrogen) atoms. The molecular weight excluding hydrogens is 226 g/mol. The number of likely N-dealkylation sites (N-methyl/N-ethyl adjacent to an activating group) is 1. The lowest BCUT2D eigenvalue weighted by atomic mass is 9.96. The van der Waals surface area contributed by atoms with Crippen LogP contribution >= 0.6 is 0 Å². The van der Waals surface area contributed by atoms with Crippen LogP contribution in [0.4, 0.5) is 0 Å². The van der Waals surface area contributed by atoms with Crippen LogP contribution in [-0.2, 0) is 10.2 Å². The van der Waals surface area contributed by atoms with Crippen molar-refractivity contribution in [1.82, 2.24) is 14.8 Å². The molecule has 0 spiro atoms. The summed E-state index contributed by atoms with van der Waals surface area (Å²) in [6, 6.07) is 0.263. The predicted octanol–water partition coefficient (Wildman–Crippen LogP) is 0.351. The first-order valence-corrected chi connectivity index (χ1v) is 7.46. The Morgan fingerprint density at radius 3 is 2.44 bits per heavy atom. The van der Waals surface area contributed by atoms with Gasteiger partial charge in [-0.15, -0.1) is 0 Å². The van der Waals surface area contributed by atoms with Crippen LogP contribution in [0.25, 0.3) is 0 Å². The zero-order valence-electron chi connectivity index (χ0n) is 10.1. The van der Waals surface area contributed by atoms with Gasteiger partial charge in [0.15, 0.2) is 0 Å². The summed E-state index contributed by atoms with van der Waals surface area (Å²) < 4.78 is 28.6. The molecule has 0 aromatic rings. The first kappa shape index (κ1) is 13.9. The van der Waals surface area contributed by atoms with Crippen LogP contribution in [0, 0.1) is 0 Å². The topological polar surface area (TPSA) is 70.2 Å². The van der Waals surface area contributed by atoms with Crippen molar-refractivity contribution in [2.24, 2.45) is 0 Å². The highest BCUT2D eigenvalue weighted by molar-refractivity contribution is 7.87. The Hall–Kier alpha value is -0.170. The third-order valence-corrected chi connectivity index (χ3v) is 4.19. The van der Waals surface area contributed by atoms with Gasteiger partial charge in [-0.1, -0.05) is 19.3 Å². The minimum atomic E-state index is -3.33. The van der Waals surface area contributed by atoms with Crippen molar-refractivity contribution in [1.29, 1.82) is 0 Å². The second-order valence-corrected chi connectivity index (χ2v) is 6.03. The average molecular weight is 249 g/mol. The maximum absolute atomic E-state index is 11.7. The van der Waals surface area contributed by atoms with Gasteiger partial charge in [0.1, 0.15) is 0 Å². The molecule has 5 nitrogen and oxygen atoms in total. The molecule has 6 heteroatoms. The van der Waals surface area contributed by atoms with Crippen molar-refractivity contribution in [2.75, 3.05) is 13.6 Å². The molecule has 96 valence electrons. The molecule has 0 aromatic heterocycles. The van der Waals surface area contributed by atoms with Crippen molar-refractivity contribution < 1.29 is 8.42 Å². The van der Waals surface area contributed by atoms with Gasteiger partial charge in [-0.2, -0.15) is 13.1 Å². The third kappa shape index (κ3) is 5.25. The average Bonchev–Trinajstić information content (AvgIpc) is 2.27. The normalized spacial score (nSPS) is 20.9. The molecule has 0 bridgehead atoms. The molecule has 1 unspecified atom stereocenters. The fraction of sp³-hybridized carbons (Fsp3) is 1.00. The summed E-state index contributed by atoms with van der Waals surface area (Å²) in [6.45, 7) is 2.35. The van der Waals surface area contributed by atoms with Gasteiger partial charge in [-0.25, -0.2) is 4.72 Å². The molecule has 0 aromatic carbocycles. The van der Waals surface area contributed by atoms with Crippen LogP contribution < -0.4 is 14.8 Å². The standard InChI is InChI=1S/C10H23N3O2S/c1-9(11-2)8-12-16(14,15)13-10-6-4-3-5-7-10/h9-13H,3-8H2,1-2H3. The first-order chi connectivity index (χ1) is 7.53. The molecule has 3 N–H and O–H groups in total. The molecule has 0 amide bonds. The van der Waals surface area contributed by atoms with Crippen molar-refractivity contribution in [3.8, 4) is 0 Å². The van der Waals surface area contributed by atoms with Gasteiger partial charge in [0.25, 0.3) is 10.2 Å². The van der Waals surface area contributed by atoms with E-state index in [2.05, 4.69) is 14.8 Å². The van der Waals surface area contributed by atoms with Gasteiger partial charge in [0, 0.05) is 18.6 Å². The number of nitrogens with one attached hydrogen (secondary N) is 3. The second kappa shape index (κ2) is 6.54. The summed E-state index contributed by atoms with van der Waals surface area (Å²) in [5.74, 6) is 0. The molecule has 1 fully saturated rings. The summed E-state index contributed by atoms with van der Waals surface area (Å²) in [5.41, 5.74) is 0. The summed E-state index contributed by atoms with van der Waals surface area (Å²) >= 11 is 0. The molecule has 1 aliphatic carbocycles. The number of hydrogen-bond acceptors (Lipinski definition) is 3. The highest BCUT2D eigenvalue weighted by atomic mass is 32.2. The van der Waals surface area contributed by atoms with E-state index >= 15 is 0 Å². The molecule has 1 aliphatic rings. The van der Waals surface area contributed by atoms with Gasteiger partial charge < -0.3 is 5.32 Å². The summed E-state index contributed by atoms with van der Waals surface area (Å²) in [4.78, 5) is 0. The second-order valence-electron chi connectivity index (χ2n) is 4.49. The van der Waals surface area contributed by atoms with E-state index in [0.29, 0.717) is 6.54 Å². The fourth-order valence-corrected chi connectivity index (χ4v) is 3.05. The van der Waals surface area contributed by atoms with Crippen LogP contribution in [0.15, 0.2) is 0 Å². The molecular formula is C10H23N3O2S. The van der Waals surface area contributed by atoms with Crippen molar-refractivity contribution in [3.05, 3.63) is 0 Å². The van der Waals surface area contributed by atoms with Crippen molar-refractivity contribution in [3.63, 3.8) is 0 Å². The lowest BCUT2D eigenvalue weighted by Crippen LogP contribution is -2.46. The lowest BCUT2D eigenvalue weighted by molar-refractivity contribution is 0.409. The maximum Gasteiger partial charge on any atom is 0.277 e. The van der Waals surface area contributed by atoms with Crippen molar-refractivity contribution >= 4 is 10.2 Å².